The first-order valence-corrected chi connectivity index (χ1v) is 4.93. The molecule has 3 aliphatic rings. The molecule has 4 unspecified atom stereocenters. The molecule has 0 radical (unpaired) electrons. The van der Waals surface area contributed by atoms with Crippen LogP contribution in [0.2, 0.25) is 0 Å². The van der Waals surface area contributed by atoms with Crippen LogP contribution in [0.3, 0.4) is 0 Å². The first-order valence-electron chi connectivity index (χ1n) is 4.93. The van der Waals surface area contributed by atoms with E-state index >= 15 is 0 Å². The Hall–Kier alpha value is 0. The molecule has 0 heteroatoms. The Labute approximate surface area is 63.0 Å². The van der Waals surface area contributed by atoms with E-state index in [0.717, 1.165) is 5.92 Å². The molecule has 0 aliphatic heterocycles. The van der Waals surface area contributed by atoms with Gasteiger partial charge in [-0.05, 0) is 49.4 Å². The first-order chi connectivity index (χ1) is 4.93. The maximum Gasteiger partial charge on any atom is -0.0354 e. The van der Waals surface area contributed by atoms with Gasteiger partial charge >= 0.3 is 0 Å². The van der Waals surface area contributed by atoms with Gasteiger partial charge in [-0.3, -0.25) is 0 Å². The lowest BCUT2D eigenvalue weighted by Gasteiger charge is -2.05. The van der Waals surface area contributed by atoms with Gasteiger partial charge in [-0.15, -0.1) is 0 Å². The van der Waals surface area contributed by atoms with Crippen molar-refractivity contribution in [3.8, 4) is 0 Å². The van der Waals surface area contributed by atoms with Crippen molar-refractivity contribution in [2.45, 2.75) is 38.5 Å². The summed E-state index contributed by atoms with van der Waals surface area (Å²) >= 11 is 0. The highest BCUT2D eigenvalue weighted by Gasteiger charge is 2.47. The summed E-state index contributed by atoms with van der Waals surface area (Å²) in [6.45, 7) is 0. The molecule has 3 aliphatic carbocycles. The van der Waals surface area contributed by atoms with E-state index < -0.39 is 0 Å². The average Bonchev–Trinajstić information content (AvgIpc) is 2.55. The van der Waals surface area contributed by atoms with Gasteiger partial charge in [0.2, 0.25) is 0 Å². The fourth-order valence-electron chi connectivity index (χ4n) is 3.39. The van der Waals surface area contributed by atoms with Gasteiger partial charge in [-0.1, -0.05) is 12.8 Å². The highest BCUT2D eigenvalue weighted by Crippen LogP contribution is 2.57. The number of fused-ring (bicyclic) bond motifs is 4. The summed E-state index contributed by atoms with van der Waals surface area (Å²) in [6.07, 6.45) is 9.56. The Balaban J connectivity index is 1.83. The van der Waals surface area contributed by atoms with E-state index in [-0.39, 0.29) is 0 Å². The second-order valence-corrected chi connectivity index (χ2v) is 4.68. The Bertz CT molecular complexity index is 150. The van der Waals surface area contributed by atoms with Gasteiger partial charge in [0.05, 0.1) is 0 Å². The van der Waals surface area contributed by atoms with Crippen LogP contribution in [0.25, 0.3) is 0 Å². The van der Waals surface area contributed by atoms with Crippen LogP contribution in [-0.2, 0) is 0 Å². The van der Waals surface area contributed by atoms with Crippen molar-refractivity contribution < 1.29 is 0 Å². The van der Waals surface area contributed by atoms with E-state index in [1.165, 1.54) is 17.8 Å². The molecule has 3 saturated carbocycles. The van der Waals surface area contributed by atoms with Crippen molar-refractivity contribution >= 4 is 0 Å². The third kappa shape index (κ3) is 0.681. The molecular weight excluding hydrogens is 120 g/mol. The predicted octanol–water partition coefficient (Wildman–Crippen LogP) is 2.83. The molecule has 0 aromatic heterocycles. The van der Waals surface area contributed by atoms with Gasteiger partial charge in [-0.25, -0.2) is 0 Å². The van der Waals surface area contributed by atoms with Crippen molar-refractivity contribution in [1.29, 1.82) is 0 Å². The Morgan fingerprint density at radius 1 is 0.700 bits per heavy atom. The first kappa shape index (κ1) is 5.62. The van der Waals surface area contributed by atoms with Gasteiger partial charge in [0, 0.05) is 0 Å². The predicted molar refractivity (Wildman–Crippen MR) is 41.7 cm³/mol. The van der Waals surface area contributed by atoms with Gasteiger partial charge in [0.1, 0.15) is 0 Å². The molecule has 3 rings (SSSR count). The van der Waals surface area contributed by atoms with Crippen molar-refractivity contribution in [3.05, 3.63) is 0 Å². The minimum Gasteiger partial charge on any atom is -0.0502 e. The summed E-state index contributed by atoms with van der Waals surface area (Å²) in [7, 11) is 0. The molecule has 2 bridgehead atoms. The van der Waals surface area contributed by atoms with Crippen LogP contribution in [0.1, 0.15) is 38.5 Å². The van der Waals surface area contributed by atoms with Gasteiger partial charge in [0.15, 0.2) is 0 Å². The second kappa shape index (κ2) is 1.78. The SMILES string of the molecule is C1CC2CC1CCC1CC21. The molecule has 0 spiro atoms. The maximum absolute atomic E-state index is 1.61. The molecule has 3 fully saturated rings. The molecule has 56 valence electrons. The largest absolute Gasteiger partial charge is 0.0502 e. The molecule has 0 aromatic carbocycles. The van der Waals surface area contributed by atoms with Crippen molar-refractivity contribution in [1.82, 2.24) is 0 Å². The van der Waals surface area contributed by atoms with Crippen LogP contribution < -0.4 is 0 Å². The summed E-state index contributed by atoms with van der Waals surface area (Å²) in [4.78, 5) is 0. The quantitative estimate of drug-likeness (QED) is 0.480. The summed E-state index contributed by atoms with van der Waals surface area (Å²) in [6, 6.07) is 0. The van der Waals surface area contributed by atoms with E-state index in [2.05, 4.69) is 0 Å². The fraction of sp³-hybridized carbons (Fsp3) is 1.00. The monoisotopic (exact) mass is 136 g/mol. The molecule has 4 atom stereocenters. The molecular formula is C10H16. The molecule has 0 saturated heterocycles. The molecule has 0 aromatic rings. The van der Waals surface area contributed by atoms with Crippen LogP contribution in [0.4, 0.5) is 0 Å². The average molecular weight is 136 g/mol. The minimum absolute atomic E-state index is 1.16. The number of hydrogen-bond acceptors (Lipinski definition) is 0. The molecule has 0 nitrogen and oxygen atoms in total. The van der Waals surface area contributed by atoms with Crippen LogP contribution in [0, 0.1) is 23.7 Å². The minimum atomic E-state index is 1.16. The zero-order valence-corrected chi connectivity index (χ0v) is 6.55. The number of hydrogen-bond donors (Lipinski definition) is 0. The molecule has 0 heterocycles. The maximum atomic E-state index is 1.61. The highest BCUT2D eigenvalue weighted by atomic mass is 14.5. The third-order valence-electron chi connectivity index (χ3n) is 4.11. The molecule has 0 N–H and O–H groups in total. The van der Waals surface area contributed by atoms with E-state index in [1.54, 1.807) is 38.5 Å². The Morgan fingerprint density at radius 2 is 1.40 bits per heavy atom. The summed E-state index contributed by atoms with van der Waals surface area (Å²) in [5.41, 5.74) is 0. The van der Waals surface area contributed by atoms with Crippen LogP contribution in [0.5, 0.6) is 0 Å². The van der Waals surface area contributed by atoms with E-state index in [1.807, 2.05) is 0 Å². The van der Waals surface area contributed by atoms with Crippen molar-refractivity contribution in [2.75, 3.05) is 0 Å². The molecule has 10 heavy (non-hydrogen) atoms. The summed E-state index contributed by atoms with van der Waals surface area (Å²) < 4.78 is 0. The van der Waals surface area contributed by atoms with Gasteiger partial charge in [0.25, 0.3) is 0 Å². The van der Waals surface area contributed by atoms with Crippen LogP contribution in [0.15, 0.2) is 0 Å². The van der Waals surface area contributed by atoms with Gasteiger partial charge in [-0.2, -0.15) is 0 Å². The van der Waals surface area contributed by atoms with E-state index in [4.69, 9.17) is 0 Å². The lowest BCUT2D eigenvalue weighted by molar-refractivity contribution is 0.455. The zero-order chi connectivity index (χ0) is 6.55. The highest BCUT2D eigenvalue weighted by molar-refractivity contribution is 4.97. The topological polar surface area (TPSA) is 0 Å². The van der Waals surface area contributed by atoms with Gasteiger partial charge < -0.3 is 0 Å². The molecule has 0 amide bonds. The van der Waals surface area contributed by atoms with E-state index in [0.29, 0.717) is 0 Å². The third-order valence-corrected chi connectivity index (χ3v) is 4.11. The van der Waals surface area contributed by atoms with E-state index in [9.17, 15) is 0 Å². The zero-order valence-electron chi connectivity index (χ0n) is 6.55. The lowest BCUT2D eigenvalue weighted by Crippen LogP contribution is -1.96. The van der Waals surface area contributed by atoms with Crippen LogP contribution in [-0.4, -0.2) is 0 Å². The summed E-state index contributed by atoms with van der Waals surface area (Å²) in [5, 5.41) is 0. The fourth-order valence-corrected chi connectivity index (χ4v) is 3.39. The van der Waals surface area contributed by atoms with Crippen molar-refractivity contribution in [2.24, 2.45) is 23.7 Å². The standard InChI is InChI=1S/C10H16/c1-3-8-5-7(1)2-4-9-6-10(8)9/h7-10H,1-6H2. The number of rotatable bonds is 0. The smallest absolute Gasteiger partial charge is 0.0354 e. The normalized spacial score (nSPS) is 57.6. The Kier molecular flexibility index (Phi) is 1.00. The Morgan fingerprint density at radius 3 is 2.20 bits per heavy atom. The van der Waals surface area contributed by atoms with Crippen molar-refractivity contribution in [3.63, 3.8) is 0 Å². The second-order valence-electron chi connectivity index (χ2n) is 4.68. The van der Waals surface area contributed by atoms with Crippen LogP contribution >= 0.6 is 0 Å². The lowest BCUT2D eigenvalue weighted by atomic mass is 10.0. The summed E-state index contributed by atoms with van der Waals surface area (Å²) in [5.74, 6) is 4.78.